The fourth-order valence-electron chi connectivity index (χ4n) is 2.77. The second-order valence-corrected chi connectivity index (χ2v) is 5.72. The molecule has 23 heavy (non-hydrogen) atoms. The van der Waals surface area contributed by atoms with Crippen LogP contribution in [0.15, 0.2) is 29.1 Å². The molecule has 6 nitrogen and oxygen atoms in total. The van der Waals surface area contributed by atoms with Crippen LogP contribution in [0, 0.1) is 0 Å². The summed E-state index contributed by atoms with van der Waals surface area (Å²) in [5, 5.41) is 0.520. The highest BCUT2D eigenvalue weighted by Gasteiger charge is 2.25. The van der Waals surface area contributed by atoms with Crippen molar-refractivity contribution in [2.75, 3.05) is 0 Å². The van der Waals surface area contributed by atoms with E-state index in [0.717, 1.165) is 12.8 Å². The largest absolute Gasteiger partial charge is 0.454 e. The van der Waals surface area contributed by atoms with Crippen LogP contribution in [-0.2, 0) is 20.7 Å². The number of hydrogen-bond donors (Lipinski definition) is 1. The Morgan fingerprint density at radius 2 is 2.09 bits per heavy atom. The van der Waals surface area contributed by atoms with E-state index in [9.17, 15) is 14.4 Å². The molecule has 1 aliphatic rings. The maximum absolute atomic E-state index is 11.9. The number of nitrogens with zero attached hydrogens (tertiary/aromatic N) is 1. The molecule has 1 N–H and O–H groups in total. The summed E-state index contributed by atoms with van der Waals surface area (Å²) >= 11 is 0. The van der Waals surface area contributed by atoms with Crippen LogP contribution >= 0.6 is 0 Å². The molecule has 1 heterocycles. The molecule has 1 atom stereocenters. The zero-order valence-corrected chi connectivity index (χ0v) is 12.7. The Bertz CT molecular complexity index is 797. The SMILES string of the molecule is O=C(CCc1nc2ccccc2c(=O)[nH]1)O[C@@H]1CCCCC1=O. The van der Waals surface area contributed by atoms with Crippen LogP contribution in [0.4, 0.5) is 0 Å². The molecular weight excluding hydrogens is 296 g/mol. The molecule has 1 saturated carbocycles. The van der Waals surface area contributed by atoms with Crippen molar-refractivity contribution in [2.45, 2.75) is 44.6 Å². The van der Waals surface area contributed by atoms with Crippen molar-refractivity contribution in [3.8, 4) is 0 Å². The number of aryl methyl sites for hydroxylation is 1. The van der Waals surface area contributed by atoms with E-state index in [4.69, 9.17) is 4.74 Å². The number of nitrogens with one attached hydrogen (secondary N) is 1. The van der Waals surface area contributed by atoms with Crippen molar-refractivity contribution in [3.63, 3.8) is 0 Å². The van der Waals surface area contributed by atoms with Crippen molar-refractivity contribution in [3.05, 3.63) is 40.4 Å². The minimum atomic E-state index is -0.597. The van der Waals surface area contributed by atoms with E-state index < -0.39 is 12.1 Å². The summed E-state index contributed by atoms with van der Waals surface area (Å²) in [5.41, 5.74) is 0.378. The average molecular weight is 314 g/mol. The van der Waals surface area contributed by atoms with Gasteiger partial charge in [0.2, 0.25) is 0 Å². The molecule has 6 heteroatoms. The summed E-state index contributed by atoms with van der Waals surface area (Å²) in [4.78, 5) is 42.5. The van der Waals surface area contributed by atoms with Gasteiger partial charge in [-0.1, -0.05) is 12.1 Å². The van der Waals surface area contributed by atoms with Gasteiger partial charge in [-0.15, -0.1) is 0 Å². The highest BCUT2D eigenvalue weighted by atomic mass is 16.5. The lowest BCUT2D eigenvalue weighted by Crippen LogP contribution is -2.30. The summed E-state index contributed by atoms with van der Waals surface area (Å²) < 4.78 is 5.23. The first kappa shape index (κ1) is 15.4. The predicted octanol–water partition coefficient (Wildman–Crippen LogP) is 1.91. The number of esters is 1. The second-order valence-electron chi connectivity index (χ2n) is 5.72. The van der Waals surface area contributed by atoms with Crippen LogP contribution in [0.1, 0.15) is 37.9 Å². The molecule has 1 aliphatic carbocycles. The van der Waals surface area contributed by atoms with Crippen LogP contribution in [0.3, 0.4) is 0 Å². The van der Waals surface area contributed by atoms with Gasteiger partial charge < -0.3 is 9.72 Å². The molecule has 1 fully saturated rings. The van der Waals surface area contributed by atoms with Crippen LogP contribution in [0.5, 0.6) is 0 Å². The van der Waals surface area contributed by atoms with Crippen LogP contribution in [-0.4, -0.2) is 27.8 Å². The third kappa shape index (κ3) is 3.64. The van der Waals surface area contributed by atoms with Gasteiger partial charge in [-0.3, -0.25) is 14.4 Å². The molecule has 0 saturated heterocycles. The van der Waals surface area contributed by atoms with Gasteiger partial charge in [-0.25, -0.2) is 4.98 Å². The van der Waals surface area contributed by atoms with Crippen molar-refractivity contribution in [2.24, 2.45) is 0 Å². The van der Waals surface area contributed by atoms with Gasteiger partial charge in [0, 0.05) is 12.8 Å². The van der Waals surface area contributed by atoms with Crippen molar-refractivity contribution in [1.82, 2.24) is 9.97 Å². The Morgan fingerprint density at radius 3 is 2.91 bits per heavy atom. The van der Waals surface area contributed by atoms with E-state index in [-0.39, 0.29) is 24.2 Å². The number of aromatic amines is 1. The smallest absolute Gasteiger partial charge is 0.306 e. The predicted molar refractivity (Wildman–Crippen MR) is 84.0 cm³/mol. The molecule has 0 radical (unpaired) electrons. The zero-order valence-electron chi connectivity index (χ0n) is 12.7. The molecule has 3 rings (SSSR count). The highest BCUT2D eigenvalue weighted by Crippen LogP contribution is 2.18. The summed E-state index contributed by atoms with van der Waals surface area (Å²) in [6.45, 7) is 0. The van der Waals surface area contributed by atoms with Crippen molar-refractivity contribution in [1.29, 1.82) is 0 Å². The summed E-state index contributed by atoms with van der Waals surface area (Å²) in [5.74, 6) is 0.0171. The average Bonchev–Trinajstić information content (AvgIpc) is 2.55. The number of carbonyl (C=O) groups excluding carboxylic acids is 2. The number of H-pyrrole nitrogens is 1. The number of hydrogen-bond acceptors (Lipinski definition) is 5. The number of ether oxygens (including phenoxy) is 1. The maximum Gasteiger partial charge on any atom is 0.306 e. The van der Waals surface area contributed by atoms with Gasteiger partial charge in [-0.05, 0) is 31.4 Å². The topological polar surface area (TPSA) is 89.1 Å². The Hall–Kier alpha value is -2.50. The minimum Gasteiger partial charge on any atom is -0.454 e. The monoisotopic (exact) mass is 314 g/mol. The van der Waals surface area contributed by atoms with Crippen molar-refractivity contribution >= 4 is 22.7 Å². The van der Waals surface area contributed by atoms with Gasteiger partial charge >= 0.3 is 5.97 Å². The molecule has 1 aromatic carbocycles. The molecule has 0 aliphatic heterocycles. The minimum absolute atomic E-state index is 0.00170. The van der Waals surface area contributed by atoms with Crippen LogP contribution < -0.4 is 5.56 Å². The lowest BCUT2D eigenvalue weighted by Gasteiger charge is -2.20. The van der Waals surface area contributed by atoms with E-state index in [1.165, 1.54) is 0 Å². The Labute approximate surface area is 132 Å². The molecule has 2 aromatic rings. The number of para-hydroxylation sites is 1. The standard InChI is InChI=1S/C17H18N2O4/c20-13-7-3-4-8-14(13)23-16(21)10-9-15-18-12-6-2-1-5-11(12)17(22)19-15/h1-2,5-6,14H,3-4,7-10H2,(H,18,19,22)/t14-/m1/s1. The molecular formula is C17H18N2O4. The highest BCUT2D eigenvalue weighted by molar-refractivity contribution is 5.86. The summed E-state index contributed by atoms with van der Waals surface area (Å²) in [6.07, 6.45) is 2.64. The zero-order chi connectivity index (χ0) is 16.2. The first-order valence-electron chi connectivity index (χ1n) is 7.83. The fraction of sp³-hybridized carbons (Fsp3) is 0.412. The lowest BCUT2D eigenvalue weighted by atomic mass is 9.96. The number of rotatable bonds is 4. The number of ketones is 1. The number of aromatic nitrogens is 2. The summed E-state index contributed by atoms with van der Waals surface area (Å²) in [6, 6.07) is 7.04. The van der Waals surface area contributed by atoms with E-state index >= 15 is 0 Å². The number of benzene rings is 1. The first-order chi connectivity index (χ1) is 11.1. The molecule has 0 amide bonds. The first-order valence-corrected chi connectivity index (χ1v) is 7.83. The van der Waals surface area contributed by atoms with E-state index in [1.54, 1.807) is 18.2 Å². The Morgan fingerprint density at radius 1 is 1.26 bits per heavy atom. The number of fused-ring (bicyclic) bond motifs is 1. The maximum atomic E-state index is 11.9. The molecule has 0 bridgehead atoms. The molecule has 0 spiro atoms. The molecule has 120 valence electrons. The van der Waals surface area contributed by atoms with Crippen molar-refractivity contribution < 1.29 is 14.3 Å². The molecule has 1 aromatic heterocycles. The number of Topliss-reactive ketones (excluding diaryl/α,β-unsaturated/α-hetero) is 1. The summed E-state index contributed by atoms with van der Waals surface area (Å²) in [7, 11) is 0. The van der Waals surface area contributed by atoms with Gasteiger partial charge in [0.25, 0.3) is 5.56 Å². The Balaban J connectivity index is 1.62. The van der Waals surface area contributed by atoms with Crippen LogP contribution in [0.25, 0.3) is 10.9 Å². The quantitative estimate of drug-likeness (QED) is 0.871. The third-order valence-corrected chi connectivity index (χ3v) is 4.00. The van der Waals surface area contributed by atoms with Gasteiger partial charge in [0.15, 0.2) is 11.9 Å². The van der Waals surface area contributed by atoms with E-state index in [1.807, 2.05) is 6.07 Å². The number of carbonyl (C=O) groups is 2. The lowest BCUT2D eigenvalue weighted by molar-refractivity contribution is -0.156. The van der Waals surface area contributed by atoms with Crippen LogP contribution in [0.2, 0.25) is 0 Å². The van der Waals surface area contributed by atoms with Gasteiger partial charge in [-0.2, -0.15) is 0 Å². The van der Waals surface area contributed by atoms with Gasteiger partial charge in [0.1, 0.15) is 5.82 Å². The fourth-order valence-corrected chi connectivity index (χ4v) is 2.77. The van der Waals surface area contributed by atoms with E-state index in [0.29, 0.717) is 29.6 Å². The molecule has 0 unspecified atom stereocenters. The Kier molecular flexibility index (Phi) is 4.50. The second kappa shape index (κ2) is 6.73. The normalized spacial score (nSPS) is 18.1. The third-order valence-electron chi connectivity index (χ3n) is 4.00. The van der Waals surface area contributed by atoms with Gasteiger partial charge in [0.05, 0.1) is 17.3 Å². The van der Waals surface area contributed by atoms with E-state index in [2.05, 4.69) is 9.97 Å².